The van der Waals surface area contributed by atoms with Crippen molar-refractivity contribution in [2.75, 3.05) is 7.11 Å². The van der Waals surface area contributed by atoms with Crippen LogP contribution in [0.3, 0.4) is 0 Å². The van der Waals surface area contributed by atoms with Crippen LogP contribution in [0.4, 0.5) is 0 Å². The molecule has 0 bridgehead atoms. The van der Waals surface area contributed by atoms with Crippen molar-refractivity contribution in [1.29, 1.82) is 0 Å². The average molecular weight is 741 g/mol. The molecule has 1 aromatic heterocycles. The average Bonchev–Trinajstić information content (AvgIpc) is 2.93. The Morgan fingerprint density at radius 1 is 1.13 bits per heavy atom. The number of hydrogen-bond acceptors (Lipinski definition) is 5. The third-order valence-electron chi connectivity index (χ3n) is 6.76. The molecule has 1 saturated carbocycles. The summed E-state index contributed by atoms with van der Waals surface area (Å²) >= 11 is 18.0. The van der Waals surface area contributed by atoms with E-state index in [9.17, 15) is 4.79 Å². The number of hydrogen-bond donors (Lipinski definition) is 0. The number of fused-ring (bicyclic) bond motifs is 1. The number of nitrogens with zero attached hydrogens (tertiary/aromatic N) is 3. The van der Waals surface area contributed by atoms with E-state index in [1.165, 1.54) is 11.1 Å². The number of halogens is 4. The van der Waals surface area contributed by atoms with Gasteiger partial charge in [0.05, 0.1) is 27.8 Å². The molecule has 6 nitrogen and oxygen atoms in total. The van der Waals surface area contributed by atoms with Crippen LogP contribution >= 0.6 is 61.7 Å². The first-order chi connectivity index (χ1) is 18.8. The van der Waals surface area contributed by atoms with Gasteiger partial charge in [-0.25, -0.2) is 4.98 Å². The van der Waals surface area contributed by atoms with Gasteiger partial charge in [0.1, 0.15) is 12.4 Å². The maximum atomic E-state index is 13.6. The fourth-order valence-corrected chi connectivity index (χ4v) is 6.38. The van der Waals surface area contributed by atoms with E-state index in [1.54, 1.807) is 31.5 Å². The van der Waals surface area contributed by atoms with Crippen LogP contribution in [0.15, 0.2) is 62.9 Å². The van der Waals surface area contributed by atoms with Crippen LogP contribution in [0.2, 0.25) is 10.0 Å². The van der Waals surface area contributed by atoms with Crippen LogP contribution in [-0.2, 0) is 6.61 Å². The number of methoxy groups -OCH3 is 1. The minimum atomic E-state index is -0.181. The zero-order chi connectivity index (χ0) is 27.5. The van der Waals surface area contributed by atoms with Gasteiger partial charge < -0.3 is 9.47 Å². The van der Waals surface area contributed by atoms with Gasteiger partial charge in [0.2, 0.25) is 0 Å². The highest BCUT2D eigenvalue weighted by atomic mass is 127. The van der Waals surface area contributed by atoms with Gasteiger partial charge >= 0.3 is 0 Å². The van der Waals surface area contributed by atoms with E-state index >= 15 is 0 Å². The predicted molar refractivity (Wildman–Crippen MR) is 169 cm³/mol. The quantitative estimate of drug-likeness (QED) is 0.141. The van der Waals surface area contributed by atoms with Crippen LogP contribution < -0.4 is 15.0 Å². The lowest BCUT2D eigenvalue weighted by Gasteiger charge is -2.22. The summed E-state index contributed by atoms with van der Waals surface area (Å²) in [7, 11) is 1.59. The van der Waals surface area contributed by atoms with Crippen LogP contribution in [-0.4, -0.2) is 23.0 Å². The first-order valence-electron chi connectivity index (χ1n) is 12.5. The van der Waals surface area contributed by atoms with Crippen molar-refractivity contribution in [3.63, 3.8) is 0 Å². The van der Waals surface area contributed by atoms with E-state index in [1.807, 2.05) is 30.3 Å². The summed E-state index contributed by atoms with van der Waals surface area (Å²) < 4.78 is 14.8. The number of ether oxygens (including phenoxy) is 2. The fourth-order valence-electron chi connectivity index (χ4n) is 4.77. The van der Waals surface area contributed by atoms with Gasteiger partial charge in [-0.05, 0) is 83.5 Å². The molecule has 39 heavy (non-hydrogen) atoms. The molecule has 1 aliphatic carbocycles. The molecular formula is C29H25BrCl2IN3O3. The maximum absolute atomic E-state index is 13.6. The summed E-state index contributed by atoms with van der Waals surface area (Å²) in [4.78, 5) is 18.5. The smallest absolute Gasteiger partial charge is 0.282 e. The van der Waals surface area contributed by atoms with Crippen LogP contribution in [0.25, 0.3) is 10.9 Å². The first-order valence-corrected chi connectivity index (χ1v) is 15.2. The van der Waals surface area contributed by atoms with Crippen LogP contribution in [0.5, 0.6) is 11.5 Å². The fraction of sp³-hybridized carbons (Fsp3) is 0.276. The van der Waals surface area contributed by atoms with Crippen molar-refractivity contribution in [3.8, 4) is 11.5 Å². The zero-order valence-corrected chi connectivity index (χ0v) is 26.3. The lowest BCUT2D eigenvalue weighted by atomic mass is 9.88. The Balaban J connectivity index is 1.49. The van der Waals surface area contributed by atoms with Gasteiger partial charge in [0.25, 0.3) is 5.56 Å². The third-order valence-corrected chi connectivity index (χ3v) is 8.65. The Bertz CT molecular complexity index is 1620. The molecule has 0 spiro atoms. The lowest BCUT2D eigenvalue weighted by Crippen LogP contribution is -2.25. The molecule has 0 unspecified atom stereocenters. The monoisotopic (exact) mass is 739 g/mol. The summed E-state index contributed by atoms with van der Waals surface area (Å²) in [6, 6.07) is 14.7. The van der Waals surface area contributed by atoms with Crippen molar-refractivity contribution < 1.29 is 9.47 Å². The lowest BCUT2D eigenvalue weighted by molar-refractivity contribution is 0.282. The first kappa shape index (κ1) is 28.4. The van der Waals surface area contributed by atoms with E-state index in [0.717, 1.165) is 44.9 Å². The molecule has 1 aliphatic rings. The zero-order valence-electron chi connectivity index (χ0n) is 21.1. The van der Waals surface area contributed by atoms with Crippen molar-refractivity contribution in [2.24, 2.45) is 5.10 Å². The second kappa shape index (κ2) is 12.6. The largest absolute Gasteiger partial charge is 0.493 e. The predicted octanol–water partition coefficient (Wildman–Crippen LogP) is 8.59. The van der Waals surface area contributed by atoms with Gasteiger partial charge in [-0.1, -0.05) is 64.5 Å². The van der Waals surface area contributed by atoms with Gasteiger partial charge in [0, 0.05) is 26.0 Å². The highest BCUT2D eigenvalue weighted by Gasteiger charge is 2.22. The SMILES string of the molecule is COc1cc(C=Nn2c(C3CCCCC3)nc3ccc(Br)cc3c2=O)cc(I)c1OCc1ccc(Cl)cc1Cl. The normalized spacial score (nSPS) is 14.3. The van der Waals surface area contributed by atoms with Crippen molar-refractivity contribution >= 4 is 78.8 Å². The molecule has 0 radical (unpaired) electrons. The molecular weight excluding hydrogens is 716 g/mol. The summed E-state index contributed by atoms with van der Waals surface area (Å²) in [6.07, 6.45) is 7.13. The molecule has 0 N–H and O–H groups in total. The van der Waals surface area contributed by atoms with E-state index in [-0.39, 0.29) is 18.1 Å². The van der Waals surface area contributed by atoms with Crippen LogP contribution in [0, 0.1) is 3.57 Å². The number of aromatic nitrogens is 2. The van der Waals surface area contributed by atoms with E-state index in [4.69, 9.17) is 37.7 Å². The van der Waals surface area contributed by atoms with Gasteiger partial charge in [-0.3, -0.25) is 4.79 Å². The molecule has 0 saturated heterocycles. The second-order valence-corrected chi connectivity index (χ2v) is 12.3. The molecule has 1 fully saturated rings. The number of rotatable bonds is 7. The van der Waals surface area contributed by atoms with Crippen molar-refractivity contribution in [2.45, 2.75) is 44.6 Å². The standard InChI is InChI=1S/C29H25BrCl2IN3O3/c1-38-26-12-17(11-24(33)27(26)39-16-19-7-9-21(31)14-23(19)32)15-34-36-28(18-5-3-2-4-6-18)35-25-10-8-20(30)13-22(25)29(36)37/h7-15,18H,2-6,16H2,1H3. The summed E-state index contributed by atoms with van der Waals surface area (Å²) in [6.45, 7) is 0.258. The Kier molecular flexibility index (Phi) is 9.16. The summed E-state index contributed by atoms with van der Waals surface area (Å²) in [5.41, 5.74) is 2.09. The van der Waals surface area contributed by atoms with Gasteiger partial charge in [0.15, 0.2) is 11.5 Å². The molecule has 4 aromatic rings. The Labute approximate surface area is 258 Å². The Morgan fingerprint density at radius 2 is 1.92 bits per heavy atom. The molecule has 0 amide bonds. The highest BCUT2D eigenvalue weighted by molar-refractivity contribution is 14.1. The van der Waals surface area contributed by atoms with E-state index < -0.39 is 0 Å². The molecule has 10 heteroatoms. The molecule has 202 valence electrons. The Morgan fingerprint density at radius 3 is 2.67 bits per heavy atom. The third kappa shape index (κ3) is 6.45. The van der Waals surface area contributed by atoms with E-state index in [2.05, 4.69) is 43.6 Å². The van der Waals surface area contributed by atoms with Crippen LogP contribution in [0.1, 0.15) is 55.0 Å². The number of benzene rings is 3. The molecule has 3 aromatic carbocycles. The summed E-state index contributed by atoms with van der Waals surface area (Å²) in [5.74, 6) is 2.06. The van der Waals surface area contributed by atoms with Gasteiger partial charge in [-0.2, -0.15) is 9.78 Å². The second-order valence-electron chi connectivity index (χ2n) is 9.39. The van der Waals surface area contributed by atoms with E-state index in [0.29, 0.717) is 38.3 Å². The topological polar surface area (TPSA) is 65.7 Å². The molecule has 5 rings (SSSR count). The molecule has 0 aliphatic heterocycles. The summed E-state index contributed by atoms with van der Waals surface area (Å²) in [5, 5.41) is 6.29. The molecule has 0 atom stereocenters. The highest BCUT2D eigenvalue weighted by Crippen LogP contribution is 2.35. The maximum Gasteiger partial charge on any atom is 0.282 e. The minimum Gasteiger partial charge on any atom is -0.493 e. The minimum absolute atomic E-state index is 0.181. The van der Waals surface area contributed by atoms with Crippen molar-refractivity contribution in [1.82, 2.24) is 9.66 Å². The van der Waals surface area contributed by atoms with Gasteiger partial charge in [-0.15, -0.1) is 0 Å². The van der Waals surface area contributed by atoms with Crippen molar-refractivity contribution in [3.05, 3.63) is 93.9 Å². The Hall–Kier alpha value is -2.14. The molecule has 1 heterocycles.